The number of aliphatic carboxylic acids is 1. The predicted octanol–water partition coefficient (Wildman–Crippen LogP) is 1.65. The molecule has 0 saturated heterocycles. The van der Waals surface area contributed by atoms with Crippen LogP contribution in [0.25, 0.3) is 0 Å². The van der Waals surface area contributed by atoms with E-state index in [-0.39, 0.29) is 6.54 Å². The van der Waals surface area contributed by atoms with Gasteiger partial charge < -0.3 is 9.84 Å². The summed E-state index contributed by atoms with van der Waals surface area (Å²) in [5.74, 6) is -0.786. The summed E-state index contributed by atoms with van der Waals surface area (Å²) in [7, 11) is 1.63. The maximum atomic E-state index is 10.7. The van der Waals surface area contributed by atoms with Crippen LogP contribution in [0.15, 0.2) is 30.3 Å². The van der Waals surface area contributed by atoms with E-state index in [1.54, 1.807) is 7.11 Å². The van der Waals surface area contributed by atoms with Gasteiger partial charge in [-0.1, -0.05) is 30.3 Å². The van der Waals surface area contributed by atoms with Crippen molar-refractivity contribution in [3.8, 4) is 0 Å². The summed E-state index contributed by atoms with van der Waals surface area (Å²) in [4.78, 5) is 12.6. The first-order chi connectivity index (χ1) is 8.72. The summed E-state index contributed by atoms with van der Waals surface area (Å²) in [6.45, 7) is 2.10. The third-order valence-electron chi connectivity index (χ3n) is 2.75. The summed E-state index contributed by atoms with van der Waals surface area (Å²) >= 11 is 0. The quantitative estimate of drug-likeness (QED) is 0.725. The molecule has 0 amide bonds. The molecule has 18 heavy (non-hydrogen) atoms. The van der Waals surface area contributed by atoms with E-state index in [0.717, 1.165) is 19.4 Å². The zero-order chi connectivity index (χ0) is 13.2. The molecule has 1 aromatic rings. The summed E-state index contributed by atoms with van der Waals surface area (Å²) in [5.41, 5.74) is 1.29. The van der Waals surface area contributed by atoms with Crippen LogP contribution in [0.4, 0.5) is 0 Å². The van der Waals surface area contributed by atoms with Gasteiger partial charge in [-0.3, -0.25) is 9.69 Å². The Labute approximate surface area is 108 Å². The molecular weight excluding hydrogens is 230 g/mol. The Morgan fingerprint density at radius 2 is 2.00 bits per heavy atom. The average Bonchev–Trinajstić information content (AvgIpc) is 2.36. The number of nitrogens with zero attached hydrogens (tertiary/aromatic N) is 1. The van der Waals surface area contributed by atoms with Crippen molar-refractivity contribution in [2.24, 2.45) is 0 Å². The van der Waals surface area contributed by atoms with Crippen LogP contribution in [0.3, 0.4) is 0 Å². The van der Waals surface area contributed by atoms with E-state index in [1.807, 2.05) is 23.1 Å². The first-order valence-corrected chi connectivity index (χ1v) is 6.19. The van der Waals surface area contributed by atoms with Crippen molar-refractivity contribution >= 4 is 5.97 Å². The molecule has 0 spiro atoms. The topological polar surface area (TPSA) is 49.8 Å². The van der Waals surface area contributed by atoms with Gasteiger partial charge in [0.05, 0.1) is 13.2 Å². The standard InChI is InChI=1S/C14H21NO3/c1-18-11-10-15(12-14(16)17)9-5-8-13-6-3-2-4-7-13/h2-4,6-7H,5,8-12H2,1H3,(H,16,17). The van der Waals surface area contributed by atoms with Crippen molar-refractivity contribution in [1.82, 2.24) is 4.90 Å². The van der Waals surface area contributed by atoms with Gasteiger partial charge >= 0.3 is 5.97 Å². The van der Waals surface area contributed by atoms with Crippen LogP contribution in [0.2, 0.25) is 0 Å². The predicted molar refractivity (Wildman–Crippen MR) is 70.7 cm³/mol. The number of rotatable bonds is 9. The van der Waals surface area contributed by atoms with Gasteiger partial charge in [-0.25, -0.2) is 0 Å². The molecule has 1 aromatic carbocycles. The van der Waals surface area contributed by atoms with Gasteiger partial charge in [-0.2, -0.15) is 0 Å². The largest absolute Gasteiger partial charge is 0.480 e. The number of methoxy groups -OCH3 is 1. The molecule has 0 aliphatic carbocycles. The molecule has 0 aliphatic rings. The normalized spacial score (nSPS) is 10.8. The van der Waals surface area contributed by atoms with Crippen molar-refractivity contribution < 1.29 is 14.6 Å². The Bertz CT molecular complexity index is 340. The minimum Gasteiger partial charge on any atom is -0.480 e. The summed E-state index contributed by atoms with van der Waals surface area (Å²) < 4.78 is 4.98. The molecule has 0 bridgehead atoms. The van der Waals surface area contributed by atoms with E-state index in [2.05, 4.69) is 12.1 Å². The van der Waals surface area contributed by atoms with Gasteiger partial charge in [-0.05, 0) is 24.9 Å². The number of carbonyl (C=O) groups is 1. The lowest BCUT2D eigenvalue weighted by Crippen LogP contribution is -2.33. The summed E-state index contributed by atoms with van der Waals surface area (Å²) in [6.07, 6.45) is 1.94. The minimum absolute atomic E-state index is 0.0815. The third kappa shape index (κ3) is 6.37. The molecule has 0 fully saturated rings. The van der Waals surface area contributed by atoms with Crippen LogP contribution in [-0.4, -0.2) is 49.3 Å². The Morgan fingerprint density at radius 1 is 1.28 bits per heavy atom. The van der Waals surface area contributed by atoms with Crippen molar-refractivity contribution in [2.75, 3.05) is 33.4 Å². The second-order valence-electron chi connectivity index (χ2n) is 4.25. The Balaban J connectivity index is 2.30. The second kappa shape index (κ2) is 8.66. The molecule has 4 heteroatoms. The number of carboxylic acid groups (broad SMARTS) is 1. The van der Waals surface area contributed by atoms with E-state index >= 15 is 0 Å². The maximum absolute atomic E-state index is 10.7. The first-order valence-electron chi connectivity index (χ1n) is 6.19. The summed E-state index contributed by atoms with van der Waals surface area (Å²) in [6, 6.07) is 10.2. The molecule has 0 unspecified atom stereocenters. The van der Waals surface area contributed by atoms with Crippen LogP contribution in [-0.2, 0) is 16.0 Å². The van der Waals surface area contributed by atoms with Gasteiger partial charge in [0.1, 0.15) is 0 Å². The molecule has 0 heterocycles. The van der Waals surface area contributed by atoms with Crippen molar-refractivity contribution in [2.45, 2.75) is 12.8 Å². The van der Waals surface area contributed by atoms with Crippen molar-refractivity contribution in [3.05, 3.63) is 35.9 Å². The van der Waals surface area contributed by atoms with Gasteiger partial charge in [0.15, 0.2) is 0 Å². The number of carboxylic acids is 1. The highest BCUT2D eigenvalue weighted by Gasteiger charge is 2.08. The lowest BCUT2D eigenvalue weighted by atomic mass is 10.1. The van der Waals surface area contributed by atoms with Crippen LogP contribution in [0.1, 0.15) is 12.0 Å². The second-order valence-corrected chi connectivity index (χ2v) is 4.25. The molecule has 100 valence electrons. The smallest absolute Gasteiger partial charge is 0.317 e. The average molecular weight is 251 g/mol. The first kappa shape index (κ1) is 14.7. The summed E-state index contributed by atoms with van der Waals surface area (Å²) in [5, 5.41) is 8.82. The monoisotopic (exact) mass is 251 g/mol. The van der Waals surface area contributed by atoms with E-state index in [0.29, 0.717) is 13.2 Å². The fourth-order valence-corrected chi connectivity index (χ4v) is 1.83. The number of ether oxygens (including phenoxy) is 1. The minimum atomic E-state index is -0.786. The Hall–Kier alpha value is -1.39. The van der Waals surface area contributed by atoms with Crippen LogP contribution in [0.5, 0.6) is 0 Å². The zero-order valence-corrected chi connectivity index (χ0v) is 10.8. The van der Waals surface area contributed by atoms with Crippen molar-refractivity contribution in [3.63, 3.8) is 0 Å². The molecule has 0 atom stereocenters. The lowest BCUT2D eigenvalue weighted by Gasteiger charge is -2.19. The number of benzene rings is 1. The van der Waals surface area contributed by atoms with Gasteiger partial charge in [-0.15, -0.1) is 0 Å². The Morgan fingerprint density at radius 3 is 2.61 bits per heavy atom. The van der Waals surface area contributed by atoms with Crippen LogP contribution < -0.4 is 0 Å². The highest BCUT2D eigenvalue weighted by molar-refractivity contribution is 5.69. The van der Waals surface area contributed by atoms with E-state index < -0.39 is 5.97 Å². The fraction of sp³-hybridized carbons (Fsp3) is 0.500. The number of aryl methyl sites for hydroxylation is 1. The fourth-order valence-electron chi connectivity index (χ4n) is 1.83. The van der Waals surface area contributed by atoms with Gasteiger partial charge in [0.2, 0.25) is 0 Å². The third-order valence-corrected chi connectivity index (χ3v) is 2.75. The zero-order valence-electron chi connectivity index (χ0n) is 10.8. The highest BCUT2D eigenvalue weighted by Crippen LogP contribution is 2.03. The van der Waals surface area contributed by atoms with Crippen molar-refractivity contribution in [1.29, 1.82) is 0 Å². The van der Waals surface area contributed by atoms with Gasteiger partial charge in [0.25, 0.3) is 0 Å². The highest BCUT2D eigenvalue weighted by atomic mass is 16.5. The Kier molecular flexibility index (Phi) is 7.06. The molecular formula is C14H21NO3. The molecule has 0 aliphatic heterocycles. The SMILES string of the molecule is COCCN(CCCc1ccccc1)CC(=O)O. The van der Waals surface area contributed by atoms with Crippen LogP contribution >= 0.6 is 0 Å². The lowest BCUT2D eigenvalue weighted by molar-refractivity contribution is -0.138. The molecule has 1 rings (SSSR count). The van der Waals surface area contributed by atoms with E-state index in [4.69, 9.17) is 9.84 Å². The molecule has 4 nitrogen and oxygen atoms in total. The number of hydrogen-bond acceptors (Lipinski definition) is 3. The molecule has 1 N–H and O–H groups in total. The maximum Gasteiger partial charge on any atom is 0.317 e. The van der Waals surface area contributed by atoms with E-state index in [1.165, 1.54) is 5.56 Å². The van der Waals surface area contributed by atoms with E-state index in [9.17, 15) is 4.79 Å². The molecule has 0 radical (unpaired) electrons. The molecule has 0 saturated carbocycles. The number of hydrogen-bond donors (Lipinski definition) is 1. The molecule has 0 aromatic heterocycles. The van der Waals surface area contributed by atoms with Gasteiger partial charge in [0, 0.05) is 13.7 Å². The van der Waals surface area contributed by atoms with Crippen LogP contribution in [0, 0.1) is 0 Å².